The number of carboxylic acid groups (broad SMARTS) is 1. The number of hydrogen-bond acceptors (Lipinski definition) is 5. The van der Waals surface area contributed by atoms with E-state index in [1.54, 1.807) is 75.5 Å². The number of carbonyl (C=O) groups excluding carboxylic acids is 1. The minimum Gasteiger partial charge on any atom is -0.494 e. The number of aromatic hydroxyl groups is 1. The zero-order valence-corrected chi connectivity index (χ0v) is 20.6. The van der Waals surface area contributed by atoms with Gasteiger partial charge in [-0.25, -0.2) is 9.38 Å². The van der Waals surface area contributed by atoms with Crippen LogP contribution in [-0.2, 0) is 16.0 Å². The van der Waals surface area contributed by atoms with Crippen LogP contribution in [0.25, 0.3) is 10.9 Å². The number of benzene rings is 3. The molecule has 37 heavy (non-hydrogen) atoms. The highest BCUT2D eigenvalue weighted by molar-refractivity contribution is 6.22. The number of carboxylic acids is 1. The maximum Gasteiger partial charge on any atom is 0.307 e. The average molecular weight is 503 g/mol. The number of nitrogens with one attached hydrogen (secondary N) is 1. The third kappa shape index (κ3) is 5.52. The summed E-state index contributed by atoms with van der Waals surface area (Å²) in [5.41, 5.74) is 8.50. The summed E-state index contributed by atoms with van der Waals surface area (Å²) in [7, 11) is 1.64. The molecule has 190 valence electrons. The van der Waals surface area contributed by atoms with Crippen LogP contribution in [0.3, 0.4) is 0 Å². The van der Waals surface area contributed by atoms with Gasteiger partial charge in [0.15, 0.2) is 5.88 Å². The standard InChI is InChI=1S/C28H27FN4O4/c1-28(2,30)27(37)33(3)20-11-9-19(10-12-20)31-25(17-6-4-16(5-7-17)14-23(34)35)24-21-13-8-18(29)15-22(21)32-26(24)36/h4-13,15,32,36H,14,30H2,1-3H3,(H,34,35). The van der Waals surface area contributed by atoms with Crippen LogP contribution >= 0.6 is 0 Å². The second-order valence-electron chi connectivity index (χ2n) is 9.37. The van der Waals surface area contributed by atoms with Gasteiger partial charge in [0.25, 0.3) is 0 Å². The maximum atomic E-state index is 13.8. The van der Waals surface area contributed by atoms with Crippen molar-refractivity contribution in [3.63, 3.8) is 0 Å². The van der Waals surface area contributed by atoms with Crippen LogP contribution in [0.2, 0.25) is 0 Å². The van der Waals surface area contributed by atoms with E-state index in [2.05, 4.69) is 4.98 Å². The molecule has 1 amide bonds. The van der Waals surface area contributed by atoms with Crippen LogP contribution in [0, 0.1) is 5.82 Å². The van der Waals surface area contributed by atoms with E-state index in [0.717, 1.165) is 0 Å². The number of carbonyl (C=O) groups is 2. The largest absolute Gasteiger partial charge is 0.494 e. The summed E-state index contributed by atoms with van der Waals surface area (Å²) in [6.45, 7) is 3.27. The third-order valence-corrected chi connectivity index (χ3v) is 5.89. The van der Waals surface area contributed by atoms with Crippen LogP contribution in [0.1, 0.15) is 30.5 Å². The Labute approximate surface area is 212 Å². The summed E-state index contributed by atoms with van der Waals surface area (Å²) >= 11 is 0. The van der Waals surface area contributed by atoms with E-state index >= 15 is 0 Å². The molecule has 3 aromatic carbocycles. The molecule has 0 atom stereocenters. The molecule has 0 aliphatic rings. The summed E-state index contributed by atoms with van der Waals surface area (Å²) in [6, 6.07) is 17.9. The number of aromatic amines is 1. The van der Waals surface area contributed by atoms with E-state index in [0.29, 0.717) is 44.7 Å². The Morgan fingerprint density at radius 3 is 2.30 bits per heavy atom. The van der Waals surface area contributed by atoms with Gasteiger partial charge in [-0.3, -0.25) is 9.59 Å². The quantitative estimate of drug-likeness (QED) is 0.276. The number of aromatic nitrogens is 1. The summed E-state index contributed by atoms with van der Waals surface area (Å²) in [6.07, 6.45) is -0.127. The smallest absolute Gasteiger partial charge is 0.307 e. The van der Waals surface area contributed by atoms with E-state index in [1.165, 1.54) is 17.0 Å². The van der Waals surface area contributed by atoms with E-state index in [9.17, 15) is 19.1 Å². The predicted octanol–water partition coefficient (Wildman–Crippen LogP) is 4.51. The van der Waals surface area contributed by atoms with Crippen molar-refractivity contribution in [2.45, 2.75) is 25.8 Å². The van der Waals surface area contributed by atoms with Gasteiger partial charge in [0.1, 0.15) is 5.82 Å². The van der Waals surface area contributed by atoms with Gasteiger partial charge in [-0.2, -0.15) is 0 Å². The second kappa shape index (κ2) is 9.87. The molecular weight excluding hydrogens is 475 g/mol. The number of aliphatic carboxylic acids is 1. The van der Waals surface area contributed by atoms with Gasteiger partial charge in [-0.1, -0.05) is 24.3 Å². The molecule has 0 aliphatic heterocycles. The average Bonchev–Trinajstić information content (AvgIpc) is 3.16. The Balaban J connectivity index is 1.81. The molecule has 0 unspecified atom stereocenters. The molecule has 8 nitrogen and oxygen atoms in total. The fourth-order valence-electron chi connectivity index (χ4n) is 4.04. The molecule has 4 aromatic rings. The number of nitrogens with zero attached hydrogens (tertiary/aromatic N) is 2. The van der Waals surface area contributed by atoms with Crippen molar-refractivity contribution < 1.29 is 24.2 Å². The van der Waals surface area contributed by atoms with Crippen molar-refractivity contribution in [1.29, 1.82) is 0 Å². The first-order valence-corrected chi connectivity index (χ1v) is 11.5. The molecular formula is C28H27FN4O4. The molecule has 0 aliphatic carbocycles. The Morgan fingerprint density at radius 2 is 1.70 bits per heavy atom. The van der Waals surface area contributed by atoms with Crippen molar-refractivity contribution in [2.24, 2.45) is 10.7 Å². The van der Waals surface area contributed by atoms with Crippen LogP contribution in [-0.4, -0.2) is 45.4 Å². The second-order valence-corrected chi connectivity index (χ2v) is 9.37. The van der Waals surface area contributed by atoms with Crippen LogP contribution < -0.4 is 10.6 Å². The van der Waals surface area contributed by atoms with Gasteiger partial charge < -0.3 is 25.8 Å². The minimum absolute atomic E-state index is 0.127. The number of nitrogens with two attached hydrogens (primary N) is 1. The van der Waals surface area contributed by atoms with Crippen molar-refractivity contribution in [3.8, 4) is 5.88 Å². The third-order valence-electron chi connectivity index (χ3n) is 5.89. The van der Waals surface area contributed by atoms with Crippen LogP contribution in [0.4, 0.5) is 15.8 Å². The van der Waals surface area contributed by atoms with Crippen LogP contribution in [0.15, 0.2) is 71.7 Å². The zero-order valence-electron chi connectivity index (χ0n) is 20.6. The molecule has 0 saturated carbocycles. The molecule has 5 N–H and O–H groups in total. The first-order chi connectivity index (χ1) is 17.4. The number of amides is 1. The van der Waals surface area contributed by atoms with Crippen molar-refractivity contribution >= 4 is 39.9 Å². The van der Waals surface area contributed by atoms with Crippen molar-refractivity contribution in [3.05, 3.63) is 89.2 Å². The van der Waals surface area contributed by atoms with Gasteiger partial charge in [-0.05, 0) is 61.9 Å². The summed E-state index contributed by atoms with van der Waals surface area (Å²) in [4.78, 5) is 32.7. The van der Waals surface area contributed by atoms with Gasteiger partial charge in [0, 0.05) is 23.7 Å². The first kappa shape index (κ1) is 25.6. The molecule has 1 aromatic heterocycles. The minimum atomic E-state index is -1.03. The van der Waals surface area contributed by atoms with Crippen molar-refractivity contribution in [2.75, 3.05) is 11.9 Å². The lowest BCUT2D eigenvalue weighted by atomic mass is 9.99. The monoisotopic (exact) mass is 502 g/mol. The lowest BCUT2D eigenvalue weighted by Gasteiger charge is -2.25. The van der Waals surface area contributed by atoms with Gasteiger partial charge in [0.2, 0.25) is 5.91 Å². The normalized spacial score (nSPS) is 12.1. The highest BCUT2D eigenvalue weighted by Gasteiger charge is 2.26. The number of rotatable bonds is 7. The van der Waals surface area contributed by atoms with Crippen molar-refractivity contribution in [1.82, 2.24) is 4.98 Å². The Hall–Kier alpha value is -4.50. The zero-order chi connectivity index (χ0) is 26.9. The molecule has 0 fully saturated rings. The maximum absolute atomic E-state index is 13.8. The number of halogens is 1. The fourth-order valence-corrected chi connectivity index (χ4v) is 4.04. The van der Waals surface area contributed by atoms with E-state index in [4.69, 9.17) is 15.8 Å². The lowest BCUT2D eigenvalue weighted by molar-refractivity contribution is -0.136. The summed E-state index contributed by atoms with van der Waals surface area (Å²) in [5, 5.41) is 20.4. The molecule has 1 heterocycles. The summed E-state index contributed by atoms with van der Waals surface area (Å²) in [5.74, 6) is -1.82. The van der Waals surface area contributed by atoms with Gasteiger partial charge >= 0.3 is 5.97 Å². The molecule has 9 heteroatoms. The Kier molecular flexibility index (Phi) is 6.82. The van der Waals surface area contributed by atoms with E-state index < -0.39 is 17.3 Å². The molecule has 4 rings (SSSR count). The number of hydrogen-bond donors (Lipinski definition) is 4. The first-order valence-electron chi connectivity index (χ1n) is 11.5. The lowest BCUT2D eigenvalue weighted by Crippen LogP contribution is -2.49. The highest BCUT2D eigenvalue weighted by atomic mass is 19.1. The molecule has 0 saturated heterocycles. The summed E-state index contributed by atoms with van der Waals surface area (Å²) < 4.78 is 13.8. The number of fused-ring (bicyclic) bond motifs is 1. The van der Waals surface area contributed by atoms with E-state index in [-0.39, 0.29) is 18.2 Å². The Morgan fingerprint density at radius 1 is 1.05 bits per heavy atom. The van der Waals surface area contributed by atoms with E-state index in [1.807, 2.05) is 0 Å². The SMILES string of the molecule is CN(C(=O)C(C)(C)N)c1ccc(N=C(c2ccc(CC(=O)O)cc2)c2c(O)[nH]c3cc(F)ccc23)cc1. The predicted molar refractivity (Wildman–Crippen MR) is 141 cm³/mol. The van der Waals surface area contributed by atoms with Gasteiger partial charge in [0.05, 0.1) is 34.4 Å². The van der Waals surface area contributed by atoms with Gasteiger partial charge in [-0.15, -0.1) is 0 Å². The molecule has 0 bridgehead atoms. The number of likely N-dealkylation sites (N-methyl/N-ethyl adjacent to an activating group) is 1. The topological polar surface area (TPSA) is 132 Å². The molecule has 0 spiro atoms. The van der Waals surface area contributed by atoms with Crippen LogP contribution in [0.5, 0.6) is 5.88 Å². The number of H-pyrrole nitrogens is 1. The highest BCUT2D eigenvalue weighted by Crippen LogP contribution is 2.32. The Bertz CT molecular complexity index is 1500. The number of aliphatic imine (C=N–C) groups is 1. The number of anilines is 1. The fraction of sp³-hybridized carbons (Fsp3) is 0.179. The molecule has 0 radical (unpaired) electrons.